The third-order valence-electron chi connectivity index (χ3n) is 2.09. The van der Waals surface area contributed by atoms with Crippen molar-refractivity contribution in [3.8, 4) is 5.75 Å². The van der Waals surface area contributed by atoms with Gasteiger partial charge in [-0.1, -0.05) is 0 Å². The van der Waals surface area contributed by atoms with Gasteiger partial charge in [0.15, 0.2) is 0 Å². The molecule has 1 aromatic rings. The predicted molar refractivity (Wildman–Crippen MR) is 58.1 cm³/mol. The number of rotatable bonds is 1. The van der Waals surface area contributed by atoms with Crippen molar-refractivity contribution in [1.82, 2.24) is 0 Å². The molecule has 1 N–H and O–H groups in total. The number of hydrogen-bond acceptors (Lipinski definition) is 3. The van der Waals surface area contributed by atoms with E-state index in [0.717, 1.165) is 20.3 Å². The van der Waals surface area contributed by atoms with E-state index >= 15 is 0 Å². The molecule has 1 aliphatic heterocycles. The first-order chi connectivity index (χ1) is 6.22. The van der Waals surface area contributed by atoms with Crippen LogP contribution >= 0.6 is 22.6 Å². The van der Waals surface area contributed by atoms with Crippen molar-refractivity contribution in [2.45, 2.75) is 6.61 Å². The lowest BCUT2D eigenvalue weighted by Crippen LogP contribution is -2.28. The second kappa shape index (κ2) is 3.47. The molecule has 13 heavy (non-hydrogen) atoms. The fourth-order valence-electron chi connectivity index (χ4n) is 1.37. The van der Waals surface area contributed by atoms with Gasteiger partial charge in [-0.15, -0.1) is 0 Å². The van der Waals surface area contributed by atoms with Gasteiger partial charge in [-0.05, 0) is 45.7 Å². The summed E-state index contributed by atoms with van der Waals surface area (Å²) in [5, 5.41) is 9.44. The molecule has 0 fully saturated rings. The van der Waals surface area contributed by atoms with Crippen molar-refractivity contribution >= 4 is 35.2 Å². The van der Waals surface area contributed by atoms with Crippen molar-refractivity contribution in [1.29, 1.82) is 0 Å². The highest BCUT2D eigenvalue weighted by molar-refractivity contribution is 14.1. The highest BCUT2D eigenvalue weighted by atomic mass is 127. The summed E-state index contributed by atoms with van der Waals surface area (Å²) in [5.74, 6) is 0.757. The third-order valence-corrected chi connectivity index (χ3v) is 3.05. The zero-order chi connectivity index (χ0) is 9.42. The fraction of sp³-hybridized carbons (Fsp3) is 0.250. The Labute approximate surface area is 90.3 Å². The van der Waals surface area contributed by atoms with E-state index in [1.165, 1.54) is 0 Å². The molecule has 0 saturated heterocycles. The van der Waals surface area contributed by atoms with Crippen LogP contribution in [0.2, 0.25) is 0 Å². The molecule has 0 unspecified atom stereocenters. The minimum absolute atomic E-state index is 0.485. The van der Waals surface area contributed by atoms with Gasteiger partial charge in [-0.3, -0.25) is 0 Å². The van der Waals surface area contributed by atoms with Gasteiger partial charge < -0.3 is 14.4 Å². The highest BCUT2D eigenvalue weighted by Crippen LogP contribution is 2.22. The molecule has 0 atom stereocenters. The Balaban J connectivity index is 2.53. The SMILES string of the molecule is COc1cc(I)c2c(c1)B(O)OC2. The molecule has 0 aromatic heterocycles. The monoisotopic (exact) mass is 290 g/mol. The largest absolute Gasteiger partial charge is 0.497 e. The molecule has 0 saturated carbocycles. The van der Waals surface area contributed by atoms with Crippen LogP contribution in [0.25, 0.3) is 0 Å². The van der Waals surface area contributed by atoms with E-state index in [4.69, 9.17) is 9.39 Å². The maximum atomic E-state index is 9.44. The molecule has 0 spiro atoms. The van der Waals surface area contributed by atoms with Gasteiger partial charge >= 0.3 is 7.12 Å². The van der Waals surface area contributed by atoms with Gasteiger partial charge in [0.1, 0.15) is 5.75 Å². The van der Waals surface area contributed by atoms with Crippen molar-refractivity contribution in [3.05, 3.63) is 21.3 Å². The van der Waals surface area contributed by atoms with Gasteiger partial charge in [0.05, 0.1) is 13.7 Å². The molecule has 0 aliphatic carbocycles. The van der Waals surface area contributed by atoms with E-state index in [9.17, 15) is 5.02 Å². The van der Waals surface area contributed by atoms with Crippen LogP contribution in [0.15, 0.2) is 12.1 Å². The summed E-state index contributed by atoms with van der Waals surface area (Å²) in [6.07, 6.45) is 0. The van der Waals surface area contributed by atoms with Crippen LogP contribution in [0.3, 0.4) is 0 Å². The van der Waals surface area contributed by atoms with Crippen LogP contribution in [-0.4, -0.2) is 19.3 Å². The smallest absolute Gasteiger partial charge is 0.491 e. The van der Waals surface area contributed by atoms with E-state index in [-0.39, 0.29) is 0 Å². The van der Waals surface area contributed by atoms with E-state index < -0.39 is 7.12 Å². The predicted octanol–water partition coefficient (Wildman–Crippen LogP) is 0.518. The van der Waals surface area contributed by atoms with Crippen LogP contribution < -0.4 is 10.2 Å². The van der Waals surface area contributed by atoms with Crippen LogP contribution in [0.5, 0.6) is 5.75 Å². The number of fused-ring (bicyclic) bond motifs is 1. The molecule has 2 rings (SSSR count). The second-order valence-electron chi connectivity index (χ2n) is 2.84. The standard InChI is InChI=1S/C8H8BIO3/c1-12-5-2-7-6(8(10)3-5)4-13-9(7)11/h2-3,11H,4H2,1H3. The Bertz CT molecular complexity index is 342. The minimum Gasteiger partial charge on any atom is -0.497 e. The third kappa shape index (κ3) is 1.56. The minimum atomic E-state index is -0.793. The lowest BCUT2D eigenvalue weighted by Gasteiger charge is -2.05. The number of ether oxygens (including phenoxy) is 1. The van der Waals surface area contributed by atoms with E-state index in [0.29, 0.717) is 6.61 Å². The molecule has 1 heterocycles. The average Bonchev–Trinajstić information content (AvgIpc) is 2.48. The Morgan fingerprint density at radius 2 is 2.38 bits per heavy atom. The molecule has 0 amide bonds. The Hall–Kier alpha value is -0.265. The van der Waals surface area contributed by atoms with E-state index in [1.807, 2.05) is 12.1 Å². The van der Waals surface area contributed by atoms with Crippen LogP contribution in [0.4, 0.5) is 0 Å². The van der Waals surface area contributed by atoms with Crippen LogP contribution in [-0.2, 0) is 11.3 Å². The quantitative estimate of drug-likeness (QED) is 0.605. The van der Waals surface area contributed by atoms with Crippen molar-refractivity contribution in [3.63, 3.8) is 0 Å². The summed E-state index contributed by atoms with van der Waals surface area (Å²) in [7, 11) is 0.818. The zero-order valence-electron chi connectivity index (χ0n) is 7.08. The maximum Gasteiger partial charge on any atom is 0.491 e. The summed E-state index contributed by atoms with van der Waals surface area (Å²) in [6.45, 7) is 0.485. The first kappa shape index (κ1) is 9.30. The van der Waals surface area contributed by atoms with Crippen molar-refractivity contribution < 1.29 is 14.4 Å². The first-order valence-corrected chi connectivity index (χ1v) is 4.96. The molecular weight excluding hydrogens is 282 g/mol. The molecule has 3 nitrogen and oxygen atoms in total. The maximum absolute atomic E-state index is 9.44. The molecule has 0 bridgehead atoms. The van der Waals surface area contributed by atoms with Crippen LogP contribution in [0, 0.1) is 3.57 Å². The number of halogens is 1. The highest BCUT2D eigenvalue weighted by Gasteiger charge is 2.29. The summed E-state index contributed by atoms with van der Waals surface area (Å²) >= 11 is 2.21. The van der Waals surface area contributed by atoms with Gasteiger partial charge in [0.2, 0.25) is 0 Å². The van der Waals surface area contributed by atoms with Gasteiger partial charge in [-0.25, -0.2) is 0 Å². The average molecular weight is 290 g/mol. The summed E-state index contributed by atoms with van der Waals surface area (Å²) < 4.78 is 11.3. The Morgan fingerprint density at radius 1 is 1.62 bits per heavy atom. The van der Waals surface area contributed by atoms with Crippen LogP contribution in [0.1, 0.15) is 5.56 Å². The van der Waals surface area contributed by atoms with Gasteiger partial charge in [0.25, 0.3) is 0 Å². The van der Waals surface area contributed by atoms with E-state index in [1.54, 1.807) is 7.11 Å². The van der Waals surface area contributed by atoms with Gasteiger partial charge in [0, 0.05) is 3.57 Å². The first-order valence-electron chi connectivity index (χ1n) is 3.88. The van der Waals surface area contributed by atoms with E-state index in [2.05, 4.69) is 22.6 Å². The fourth-order valence-corrected chi connectivity index (χ4v) is 2.15. The summed E-state index contributed by atoms with van der Waals surface area (Å²) in [5.41, 5.74) is 1.89. The molecular formula is C8H8BIO3. The normalized spacial score (nSPS) is 14.5. The Kier molecular flexibility index (Phi) is 2.48. The lowest BCUT2D eigenvalue weighted by atomic mass is 9.79. The summed E-state index contributed by atoms with van der Waals surface area (Å²) in [6, 6.07) is 3.75. The van der Waals surface area contributed by atoms with Crippen molar-refractivity contribution in [2.24, 2.45) is 0 Å². The topological polar surface area (TPSA) is 38.7 Å². The lowest BCUT2D eigenvalue weighted by molar-refractivity contribution is 0.275. The van der Waals surface area contributed by atoms with Crippen molar-refractivity contribution in [2.75, 3.05) is 7.11 Å². The second-order valence-corrected chi connectivity index (χ2v) is 4.00. The molecule has 0 radical (unpaired) electrons. The number of benzene rings is 1. The summed E-state index contributed by atoms with van der Waals surface area (Å²) in [4.78, 5) is 0. The molecule has 1 aromatic carbocycles. The zero-order valence-corrected chi connectivity index (χ0v) is 9.24. The number of methoxy groups -OCH3 is 1. The molecule has 68 valence electrons. The number of hydrogen-bond donors (Lipinski definition) is 1. The van der Waals surface area contributed by atoms with Gasteiger partial charge in [-0.2, -0.15) is 0 Å². The molecule has 1 aliphatic rings. The Morgan fingerprint density at radius 3 is 3.08 bits per heavy atom. The molecule has 5 heteroatoms.